The minimum absolute atomic E-state index is 0.177. The van der Waals surface area contributed by atoms with E-state index >= 15 is 0 Å². The molecule has 1 aromatic rings. The third kappa shape index (κ3) is 4.28. The molecule has 0 radical (unpaired) electrons. The Morgan fingerprint density at radius 1 is 1.24 bits per heavy atom. The van der Waals surface area contributed by atoms with Crippen molar-refractivity contribution in [3.63, 3.8) is 0 Å². The van der Waals surface area contributed by atoms with Crippen LogP contribution in [0.3, 0.4) is 0 Å². The second-order valence-electron chi connectivity index (χ2n) is 6.16. The minimum atomic E-state index is -2.92. The Morgan fingerprint density at radius 2 is 1.90 bits per heavy atom. The second kappa shape index (κ2) is 6.90. The van der Waals surface area contributed by atoms with E-state index in [9.17, 15) is 8.42 Å². The van der Waals surface area contributed by atoms with Crippen molar-refractivity contribution >= 4 is 9.84 Å². The molecule has 118 valence electrons. The van der Waals surface area contributed by atoms with E-state index in [1.165, 1.54) is 17.4 Å². The standard InChI is InChI=1S/C16H26N2O2S/c1-18(12-14-7-4-3-6-13(14)11-17)15-8-5-9-16(10-15)21(2,19)20/h3-4,6-7,15-16H,5,8-12,17H2,1-2H3. The summed E-state index contributed by atoms with van der Waals surface area (Å²) in [6.45, 7) is 1.37. The Balaban J connectivity index is 2.04. The largest absolute Gasteiger partial charge is 0.326 e. The van der Waals surface area contributed by atoms with E-state index in [0.29, 0.717) is 12.6 Å². The maximum Gasteiger partial charge on any atom is 0.150 e. The van der Waals surface area contributed by atoms with E-state index < -0.39 is 9.84 Å². The summed E-state index contributed by atoms with van der Waals surface area (Å²) in [5.74, 6) is 0. The number of nitrogens with two attached hydrogens (primary N) is 1. The molecule has 2 N–H and O–H groups in total. The van der Waals surface area contributed by atoms with Gasteiger partial charge in [-0.1, -0.05) is 30.7 Å². The zero-order chi connectivity index (χ0) is 15.5. The van der Waals surface area contributed by atoms with Gasteiger partial charge in [0.15, 0.2) is 0 Å². The quantitative estimate of drug-likeness (QED) is 0.902. The first kappa shape index (κ1) is 16.5. The summed E-state index contributed by atoms with van der Waals surface area (Å²) in [7, 11) is -0.839. The van der Waals surface area contributed by atoms with Gasteiger partial charge < -0.3 is 5.73 Å². The van der Waals surface area contributed by atoms with Crippen LogP contribution in [-0.2, 0) is 22.9 Å². The van der Waals surface area contributed by atoms with Crippen LogP contribution in [0, 0.1) is 0 Å². The topological polar surface area (TPSA) is 63.4 Å². The minimum Gasteiger partial charge on any atom is -0.326 e. The highest BCUT2D eigenvalue weighted by molar-refractivity contribution is 7.91. The SMILES string of the molecule is CN(Cc1ccccc1CN)C1CCCC(S(C)(=O)=O)C1. The summed E-state index contributed by atoms with van der Waals surface area (Å²) < 4.78 is 23.6. The van der Waals surface area contributed by atoms with Crippen molar-refractivity contribution in [1.82, 2.24) is 4.90 Å². The molecule has 0 aliphatic heterocycles. The molecule has 0 spiro atoms. The first-order chi connectivity index (χ1) is 9.91. The van der Waals surface area contributed by atoms with Gasteiger partial charge in [-0.05, 0) is 37.4 Å². The Labute approximate surface area is 128 Å². The third-order valence-electron chi connectivity index (χ3n) is 4.59. The average molecular weight is 310 g/mol. The number of hydrogen-bond acceptors (Lipinski definition) is 4. The van der Waals surface area contributed by atoms with Crippen molar-refractivity contribution in [3.05, 3.63) is 35.4 Å². The van der Waals surface area contributed by atoms with Crippen molar-refractivity contribution in [2.45, 2.75) is 50.1 Å². The summed E-state index contributed by atoms with van der Waals surface area (Å²) >= 11 is 0. The predicted molar refractivity (Wildman–Crippen MR) is 86.7 cm³/mol. The van der Waals surface area contributed by atoms with Crippen molar-refractivity contribution in [2.75, 3.05) is 13.3 Å². The highest BCUT2D eigenvalue weighted by atomic mass is 32.2. The first-order valence-electron chi connectivity index (χ1n) is 7.57. The van der Waals surface area contributed by atoms with Gasteiger partial charge in [-0.15, -0.1) is 0 Å². The average Bonchev–Trinajstić information content (AvgIpc) is 2.47. The van der Waals surface area contributed by atoms with Gasteiger partial charge in [0.05, 0.1) is 5.25 Å². The van der Waals surface area contributed by atoms with E-state index in [4.69, 9.17) is 5.73 Å². The summed E-state index contributed by atoms with van der Waals surface area (Å²) in [6, 6.07) is 8.54. The van der Waals surface area contributed by atoms with E-state index in [0.717, 1.165) is 32.2 Å². The highest BCUT2D eigenvalue weighted by Gasteiger charge is 2.30. The summed E-state index contributed by atoms with van der Waals surface area (Å²) in [6.07, 6.45) is 4.99. The van der Waals surface area contributed by atoms with Gasteiger partial charge in [-0.25, -0.2) is 8.42 Å². The van der Waals surface area contributed by atoms with Crippen LogP contribution in [-0.4, -0.2) is 37.9 Å². The molecule has 1 aliphatic carbocycles. The number of sulfone groups is 1. The van der Waals surface area contributed by atoms with Crippen LogP contribution in [0.2, 0.25) is 0 Å². The lowest BCUT2D eigenvalue weighted by Gasteiger charge is -2.35. The molecule has 1 aromatic carbocycles. The lowest BCUT2D eigenvalue weighted by Crippen LogP contribution is -2.39. The Kier molecular flexibility index (Phi) is 5.41. The molecule has 1 aliphatic rings. The monoisotopic (exact) mass is 310 g/mol. The van der Waals surface area contributed by atoms with E-state index in [1.807, 2.05) is 12.1 Å². The van der Waals surface area contributed by atoms with Gasteiger partial charge in [0.25, 0.3) is 0 Å². The normalized spacial score (nSPS) is 23.4. The number of rotatable bonds is 5. The third-order valence-corrected chi connectivity index (χ3v) is 6.22. The van der Waals surface area contributed by atoms with Crippen molar-refractivity contribution < 1.29 is 8.42 Å². The molecule has 2 rings (SSSR count). The lowest BCUT2D eigenvalue weighted by molar-refractivity contribution is 0.185. The maximum absolute atomic E-state index is 11.8. The molecular weight excluding hydrogens is 284 g/mol. The maximum atomic E-state index is 11.8. The van der Waals surface area contributed by atoms with Crippen LogP contribution in [0.15, 0.2) is 24.3 Å². The van der Waals surface area contributed by atoms with Gasteiger partial charge in [0, 0.05) is 25.4 Å². The Bertz CT molecular complexity index is 571. The molecule has 2 unspecified atom stereocenters. The number of hydrogen-bond donors (Lipinski definition) is 1. The molecule has 0 saturated heterocycles. The molecule has 1 fully saturated rings. The molecule has 2 atom stereocenters. The first-order valence-corrected chi connectivity index (χ1v) is 9.53. The molecule has 1 saturated carbocycles. The van der Waals surface area contributed by atoms with Crippen molar-refractivity contribution in [2.24, 2.45) is 5.73 Å². The van der Waals surface area contributed by atoms with Crippen LogP contribution in [0.4, 0.5) is 0 Å². The molecule has 0 aromatic heterocycles. The number of benzene rings is 1. The lowest BCUT2D eigenvalue weighted by atomic mass is 9.93. The molecule has 0 heterocycles. The zero-order valence-electron chi connectivity index (χ0n) is 13.0. The fourth-order valence-corrected chi connectivity index (χ4v) is 4.38. The molecule has 0 bridgehead atoms. The zero-order valence-corrected chi connectivity index (χ0v) is 13.8. The fourth-order valence-electron chi connectivity index (χ4n) is 3.22. The van der Waals surface area contributed by atoms with Crippen LogP contribution >= 0.6 is 0 Å². The molecule has 0 amide bonds. The van der Waals surface area contributed by atoms with Gasteiger partial charge in [-0.3, -0.25) is 4.90 Å². The molecule has 21 heavy (non-hydrogen) atoms. The van der Waals surface area contributed by atoms with E-state index in [2.05, 4.69) is 24.1 Å². The van der Waals surface area contributed by atoms with Gasteiger partial charge in [-0.2, -0.15) is 0 Å². The van der Waals surface area contributed by atoms with Crippen LogP contribution in [0.5, 0.6) is 0 Å². The van der Waals surface area contributed by atoms with Crippen molar-refractivity contribution in [1.29, 1.82) is 0 Å². The molecule has 4 nitrogen and oxygen atoms in total. The van der Waals surface area contributed by atoms with E-state index in [1.54, 1.807) is 0 Å². The fraction of sp³-hybridized carbons (Fsp3) is 0.625. The number of nitrogens with zero attached hydrogens (tertiary/aromatic N) is 1. The van der Waals surface area contributed by atoms with Crippen LogP contribution in [0.25, 0.3) is 0 Å². The Hall–Kier alpha value is -0.910. The van der Waals surface area contributed by atoms with Crippen LogP contribution < -0.4 is 5.73 Å². The molecular formula is C16H26N2O2S. The van der Waals surface area contributed by atoms with Crippen LogP contribution in [0.1, 0.15) is 36.8 Å². The van der Waals surface area contributed by atoms with Gasteiger partial charge in [0.1, 0.15) is 9.84 Å². The second-order valence-corrected chi connectivity index (χ2v) is 8.49. The van der Waals surface area contributed by atoms with E-state index in [-0.39, 0.29) is 5.25 Å². The van der Waals surface area contributed by atoms with Crippen molar-refractivity contribution in [3.8, 4) is 0 Å². The summed E-state index contributed by atoms with van der Waals surface area (Å²) in [4.78, 5) is 2.28. The predicted octanol–water partition coefficient (Wildman–Crippen LogP) is 1.93. The smallest absolute Gasteiger partial charge is 0.150 e. The van der Waals surface area contributed by atoms with Gasteiger partial charge >= 0.3 is 0 Å². The summed E-state index contributed by atoms with van der Waals surface area (Å²) in [5, 5.41) is -0.177. The van der Waals surface area contributed by atoms with Gasteiger partial charge in [0.2, 0.25) is 0 Å². The highest BCUT2D eigenvalue weighted by Crippen LogP contribution is 2.27. The Morgan fingerprint density at radius 3 is 2.52 bits per heavy atom. The molecule has 5 heteroatoms. The summed E-state index contributed by atoms with van der Waals surface area (Å²) in [5.41, 5.74) is 8.19.